The van der Waals surface area contributed by atoms with E-state index >= 15 is 0 Å². The molecule has 0 bridgehead atoms. The van der Waals surface area contributed by atoms with Gasteiger partial charge in [-0.3, -0.25) is 0 Å². The maximum absolute atomic E-state index is 2.53. The summed E-state index contributed by atoms with van der Waals surface area (Å²) in [5.41, 5.74) is 23.9. The van der Waals surface area contributed by atoms with E-state index in [1.54, 1.807) is 0 Å². The van der Waals surface area contributed by atoms with Crippen molar-refractivity contribution in [1.29, 1.82) is 0 Å². The molecule has 17 rings (SSSR count). The van der Waals surface area contributed by atoms with Crippen LogP contribution in [0.5, 0.6) is 0 Å². The number of nitrogens with zero attached hydrogens (tertiary/aromatic N) is 1. The zero-order valence-corrected chi connectivity index (χ0v) is 39.8. The van der Waals surface area contributed by atoms with Crippen LogP contribution in [0, 0.1) is 0 Å². The number of para-hydroxylation sites is 1. The summed E-state index contributed by atoms with van der Waals surface area (Å²) in [6.45, 7) is 0. The van der Waals surface area contributed by atoms with Crippen LogP contribution in [-0.2, 0) is 10.8 Å². The molecule has 2 spiro atoms. The lowest BCUT2D eigenvalue weighted by Gasteiger charge is -2.32. The number of hydrogen-bond acceptors (Lipinski definition) is 1. The summed E-state index contributed by atoms with van der Waals surface area (Å²) in [7, 11) is 0. The Labute approximate surface area is 423 Å². The topological polar surface area (TPSA) is 3.24 Å². The molecule has 4 aliphatic carbocycles. The van der Waals surface area contributed by atoms with Gasteiger partial charge >= 0.3 is 0 Å². The van der Waals surface area contributed by atoms with Gasteiger partial charge in [0.05, 0.1) is 10.8 Å². The minimum absolute atomic E-state index is 0.468. The van der Waals surface area contributed by atoms with Crippen LogP contribution in [0.1, 0.15) is 44.5 Å². The van der Waals surface area contributed by atoms with Gasteiger partial charge in [0.25, 0.3) is 0 Å². The number of anilines is 3. The molecule has 0 radical (unpaired) electrons. The Bertz CT molecular complexity index is 4210. The smallest absolute Gasteiger partial charge is 0.0731 e. The summed E-state index contributed by atoms with van der Waals surface area (Å²) in [4.78, 5) is 2.45. The number of benzene rings is 13. The quantitative estimate of drug-likeness (QED) is 0.171. The fraction of sp³-hybridized carbons (Fsp3) is 0.0278. The molecule has 0 aliphatic heterocycles. The van der Waals surface area contributed by atoms with E-state index in [2.05, 4.69) is 266 Å². The van der Waals surface area contributed by atoms with Crippen molar-refractivity contribution >= 4 is 60.2 Å². The van der Waals surface area contributed by atoms with E-state index in [4.69, 9.17) is 0 Å². The summed E-state index contributed by atoms with van der Waals surface area (Å²) in [5, 5.41) is 10.1. The highest BCUT2D eigenvalue weighted by Crippen LogP contribution is 2.66. The highest BCUT2D eigenvalue weighted by atomic mass is 15.1. The van der Waals surface area contributed by atoms with E-state index in [0.29, 0.717) is 0 Å². The SMILES string of the molecule is c1ccc(N(c2ccc3cc4c(cc3c2)C2(c3ccccc3-c3ccccc32)c2c-4ccc3ccccc23)c2ccc3cc4c(cc3c2)C2(c3ccccc3-c3ccccc32)c2c-4ccc3ccccc23)cc1. The zero-order chi connectivity index (χ0) is 47.6. The highest BCUT2D eigenvalue weighted by molar-refractivity contribution is 6.09. The lowest BCUT2D eigenvalue weighted by atomic mass is 9.69. The van der Waals surface area contributed by atoms with Gasteiger partial charge in [0.2, 0.25) is 0 Å². The summed E-state index contributed by atoms with van der Waals surface area (Å²) >= 11 is 0. The molecule has 0 saturated carbocycles. The molecule has 0 heterocycles. The first-order valence-electron chi connectivity index (χ1n) is 25.7. The van der Waals surface area contributed by atoms with Crippen LogP contribution < -0.4 is 4.90 Å². The van der Waals surface area contributed by atoms with Crippen LogP contribution in [0.15, 0.2) is 261 Å². The molecule has 73 heavy (non-hydrogen) atoms. The average Bonchev–Trinajstić information content (AvgIpc) is 4.13. The van der Waals surface area contributed by atoms with Gasteiger partial charge in [-0.25, -0.2) is 0 Å². The normalized spacial score (nSPS) is 14.2. The monoisotopic (exact) mass is 921 g/mol. The minimum Gasteiger partial charge on any atom is -0.310 e. The van der Waals surface area contributed by atoms with Gasteiger partial charge in [-0.2, -0.15) is 0 Å². The van der Waals surface area contributed by atoms with E-state index in [-0.39, 0.29) is 0 Å². The predicted molar refractivity (Wildman–Crippen MR) is 304 cm³/mol. The first-order chi connectivity index (χ1) is 36.2. The Hall–Kier alpha value is -9.30. The summed E-state index contributed by atoms with van der Waals surface area (Å²) in [6.07, 6.45) is 0. The van der Waals surface area contributed by atoms with Crippen LogP contribution in [0.4, 0.5) is 17.1 Å². The van der Waals surface area contributed by atoms with Gasteiger partial charge < -0.3 is 4.90 Å². The molecule has 0 atom stereocenters. The van der Waals surface area contributed by atoms with E-state index in [9.17, 15) is 0 Å². The van der Waals surface area contributed by atoms with Crippen molar-refractivity contribution in [3.63, 3.8) is 0 Å². The Morgan fingerprint density at radius 2 is 0.575 bits per heavy atom. The fourth-order valence-electron chi connectivity index (χ4n) is 14.6. The van der Waals surface area contributed by atoms with Gasteiger partial charge in [-0.1, -0.05) is 200 Å². The van der Waals surface area contributed by atoms with Crippen molar-refractivity contribution in [3.8, 4) is 44.5 Å². The second-order valence-corrected chi connectivity index (χ2v) is 20.6. The molecule has 13 aromatic rings. The zero-order valence-electron chi connectivity index (χ0n) is 39.8. The molecule has 1 nitrogen and oxygen atoms in total. The fourth-order valence-corrected chi connectivity index (χ4v) is 14.6. The molecule has 0 unspecified atom stereocenters. The van der Waals surface area contributed by atoms with Crippen LogP contribution in [-0.4, -0.2) is 0 Å². The lowest BCUT2D eigenvalue weighted by Crippen LogP contribution is -2.26. The highest BCUT2D eigenvalue weighted by Gasteiger charge is 2.54. The third-order valence-corrected chi connectivity index (χ3v) is 17.4. The molecule has 0 amide bonds. The van der Waals surface area contributed by atoms with Gasteiger partial charge in [0, 0.05) is 17.1 Å². The van der Waals surface area contributed by atoms with Crippen molar-refractivity contribution in [1.82, 2.24) is 0 Å². The van der Waals surface area contributed by atoms with Crippen LogP contribution in [0.3, 0.4) is 0 Å². The van der Waals surface area contributed by atoms with Crippen LogP contribution in [0.2, 0.25) is 0 Å². The van der Waals surface area contributed by atoms with Crippen LogP contribution in [0.25, 0.3) is 87.6 Å². The number of hydrogen-bond donors (Lipinski definition) is 0. The summed E-state index contributed by atoms with van der Waals surface area (Å²) in [5.74, 6) is 0. The van der Waals surface area contributed by atoms with Gasteiger partial charge in [0.1, 0.15) is 0 Å². The average molecular weight is 922 g/mol. The summed E-state index contributed by atoms with van der Waals surface area (Å²) in [6, 6.07) is 99.1. The first-order valence-corrected chi connectivity index (χ1v) is 25.7. The van der Waals surface area contributed by atoms with Crippen molar-refractivity contribution < 1.29 is 0 Å². The largest absolute Gasteiger partial charge is 0.310 e. The van der Waals surface area contributed by atoms with Crippen molar-refractivity contribution in [2.24, 2.45) is 0 Å². The third kappa shape index (κ3) is 4.92. The summed E-state index contributed by atoms with van der Waals surface area (Å²) < 4.78 is 0. The van der Waals surface area contributed by atoms with Crippen LogP contribution >= 0.6 is 0 Å². The molecule has 0 fully saturated rings. The molecule has 0 N–H and O–H groups in total. The molecule has 1 heteroatoms. The third-order valence-electron chi connectivity index (χ3n) is 17.4. The minimum atomic E-state index is -0.468. The molecule has 336 valence electrons. The number of fused-ring (bicyclic) bond motifs is 26. The second-order valence-electron chi connectivity index (χ2n) is 20.6. The Kier molecular flexibility index (Phi) is 7.66. The van der Waals surface area contributed by atoms with Gasteiger partial charge in [-0.05, 0) is 193 Å². The molecule has 13 aromatic carbocycles. The second kappa shape index (κ2) is 14.2. The van der Waals surface area contributed by atoms with Gasteiger partial charge in [-0.15, -0.1) is 0 Å². The van der Waals surface area contributed by atoms with E-state index in [0.717, 1.165) is 17.1 Å². The van der Waals surface area contributed by atoms with E-state index in [1.807, 2.05) is 0 Å². The maximum Gasteiger partial charge on any atom is 0.0731 e. The number of rotatable bonds is 3. The lowest BCUT2D eigenvalue weighted by molar-refractivity contribution is 0.802. The van der Waals surface area contributed by atoms with Gasteiger partial charge in [0.15, 0.2) is 0 Å². The molecule has 4 aliphatic rings. The van der Waals surface area contributed by atoms with Crippen molar-refractivity contribution in [2.75, 3.05) is 4.90 Å². The molecule has 0 aromatic heterocycles. The van der Waals surface area contributed by atoms with Crippen molar-refractivity contribution in [2.45, 2.75) is 10.8 Å². The Morgan fingerprint density at radius 3 is 1.01 bits per heavy atom. The standard InChI is InChI=1S/C72H43N/c1-2-18-50(19-3-1)73(51-34-30-46-40-61-59-36-32-44-16-4-6-20-53(44)69(59)71(67(61)42-48(46)38-51)63-26-12-8-22-55(63)56-23-9-13-27-64(56)71)52-35-31-47-41-62-60-37-33-45-17-5-7-21-54(45)70(60)72(68(62)43-49(47)39-52)65-28-14-10-24-57(65)58-25-11-15-29-66(58)72/h1-43H. The first kappa shape index (κ1) is 39.4. The Morgan fingerprint density at radius 1 is 0.205 bits per heavy atom. The van der Waals surface area contributed by atoms with E-state index in [1.165, 1.54) is 132 Å². The molecular formula is C72H43N. The Balaban J connectivity index is 0.886. The van der Waals surface area contributed by atoms with Crippen molar-refractivity contribution in [3.05, 3.63) is 305 Å². The van der Waals surface area contributed by atoms with E-state index < -0.39 is 10.8 Å². The predicted octanol–water partition coefficient (Wildman–Crippen LogP) is 18.5. The molecule has 0 saturated heterocycles. The molecular weight excluding hydrogens is 879 g/mol. The maximum atomic E-state index is 2.53.